The first kappa shape index (κ1) is 26.5. The molecule has 5 unspecified atom stereocenters. The van der Waals surface area contributed by atoms with Crippen molar-refractivity contribution < 1.29 is 14.4 Å². The van der Waals surface area contributed by atoms with E-state index in [4.69, 9.17) is 0 Å². The number of carbonyl (C=O) groups excluding carboxylic acids is 3. The van der Waals surface area contributed by atoms with Gasteiger partial charge in [0.15, 0.2) is 11.6 Å². The van der Waals surface area contributed by atoms with Gasteiger partial charge in [0.1, 0.15) is 6.07 Å². The van der Waals surface area contributed by atoms with E-state index < -0.39 is 10.8 Å². The zero-order valence-electron chi connectivity index (χ0n) is 24.4. The SMILES string of the molecule is C[C@@H]1C(=O)C(C#N)=CC2(C)C3=CC(=O)C4C5CC(C)(C)CCC5(C(=O)N5C=CNC5)CC[C@@]4(C)[C@]3(C)CCC12. The number of Topliss-reactive ketones (excluding diaryl/α,β-unsaturated/α-hetero) is 1. The Balaban J connectivity index is 1.50. The van der Waals surface area contributed by atoms with E-state index >= 15 is 0 Å². The highest BCUT2D eigenvalue weighted by Gasteiger charge is 2.70. The summed E-state index contributed by atoms with van der Waals surface area (Å²) in [5.41, 5.74) is -0.146. The number of rotatable bonds is 1. The summed E-state index contributed by atoms with van der Waals surface area (Å²) < 4.78 is 0. The Morgan fingerprint density at radius 2 is 1.77 bits per heavy atom. The van der Waals surface area contributed by atoms with Gasteiger partial charge >= 0.3 is 0 Å². The molecule has 1 N–H and O–H groups in total. The van der Waals surface area contributed by atoms with Crippen molar-refractivity contribution in [2.24, 2.45) is 50.7 Å². The molecule has 0 spiro atoms. The Hall–Kier alpha value is -2.68. The summed E-state index contributed by atoms with van der Waals surface area (Å²) in [5, 5.41) is 13.0. The van der Waals surface area contributed by atoms with Gasteiger partial charge in [0.2, 0.25) is 5.91 Å². The molecule has 208 valence electrons. The number of allylic oxidation sites excluding steroid dienone is 4. The van der Waals surface area contributed by atoms with Crippen molar-refractivity contribution in [3.8, 4) is 6.07 Å². The largest absolute Gasteiger partial charge is 0.372 e. The molecule has 6 nitrogen and oxygen atoms in total. The first-order chi connectivity index (χ1) is 18.2. The molecule has 8 atom stereocenters. The molecule has 1 aliphatic heterocycles. The van der Waals surface area contributed by atoms with E-state index in [-0.39, 0.29) is 63.0 Å². The summed E-state index contributed by atoms with van der Waals surface area (Å²) in [7, 11) is 0. The lowest BCUT2D eigenvalue weighted by molar-refractivity contribution is -0.182. The van der Waals surface area contributed by atoms with E-state index in [1.165, 1.54) is 0 Å². The van der Waals surface area contributed by atoms with Gasteiger partial charge in [-0.25, -0.2) is 0 Å². The molecular formula is C33H43N3O3. The Bertz CT molecular complexity index is 1300. The third kappa shape index (κ3) is 3.28. The number of hydrogen-bond acceptors (Lipinski definition) is 5. The van der Waals surface area contributed by atoms with Crippen LogP contribution < -0.4 is 5.32 Å². The molecule has 1 amide bonds. The lowest BCUT2D eigenvalue weighted by atomic mass is 9.34. The van der Waals surface area contributed by atoms with Crippen LogP contribution in [0.1, 0.15) is 86.5 Å². The second-order valence-electron chi connectivity index (χ2n) is 15.0. The molecule has 0 aromatic carbocycles. The molecule has 3 fully saturated rings. The molecule has 6 rings (SSSR count). The fourth-order valence-electron chi connectivity index (χ4n) is 10.4. The monoisotopic (exact) mass is 529 g/mol. The Morgan fingerprint density at radius 3 is 2.44 bits per heavy atom. The lowest BCUT2D eigenvalue weighted by Crippen LogP contribution is -2.66. The van der Waals surface area contributed by atoms with Crippen molar-refractivity contribution in [2.75, 3.05) is 6.67 Å². The summed E-state index contributed by atoms with van der Waals surface area (Å²) >= 11 is 0. The summed E-state index contributed by atoms with van der Waals surface area (Å²) in [6.07, 6.45) is 13.6. The van der Waals surface area contributed by atoms with Crippen molar-refractivity contribution in [1.82, 2.24) is 10.2 Å². The van der Waals surface area contributed by atoms with Gasteiger partial charge in [0.25, 0.3) is 0 Å². The average molecular weight is 530 g/mol. The van der Waals surface area contributed by atoms with E-state index in [2.05, 4.69) is 46.0 Å². The minimum atomic E-state index is -0.520. The van der Waals surface area contributed by atoms with Gasteiger partial charge in [-0.15, -0.1) is 0 Å². The molecule has 6 aliphatic rings. The van der Waals surface area contributed by atoms with E-state index in [1.807, 2.05) is 36.4 Å². The Labute approximate surface area is 233 Å². The molecule has 0 bridgehead atoms. The molecule has 0 aromatic heterocycles. The fourth-order valence-corrected chi connectivity index (χ4v) is 10.4. The maximum atomic E-state index is 14.5. The van der Waals surface area contributed by atoms with Crippen LogP contribution in [-0.4, -0.2) is 29.0 Å². The highest BCUT2D eigenvalue weighted by atomic mass is 16.2. The molecule has 3 saturated carbocycles. The molecule has 39 heavy (non-hydrogen) atoms. The molecule has 5 aliphatic carbocycles. The van der Waals surface area contributed by atoms with Gasteiger partial charge in [-0.3, -0.25) is 19.3 Å². The number of carbonyl (C=O) groups is 3. The highest BCUT2D eigenvalue weighted by molar-refractivity contribution is 6.02. The maximum absolute atomic E-state index is 14.5. The van der Waals surface area contributed by atoms with Crippen molar-refractivity contribution in [3.63, 3.8) is 0 Å². The third-order valence-corrected chi connectivity index (χ3v) is 12.8. The van der Waals surface area contributed by atoms with Crippen LogP contribution in [0.3, 0.4) is 0 Å². The number of ketones is 2. The zero-order chi connectivity index (χ0) is 28.2. The van der Waals surface area contributed by atoms with Crippen LogP contribution in [0.15, 0.2) is 35.7 Å². The number of nitriles is 1. The number of nitrogens with zero attached hydrogens (tertiary/aromatic N) is 2. The van der Waals surface area contributed by atoms with E-state index in [1.54, 1.807) is 0 Å². The zero-order valence-corrected chi connectivity index (χ0v) is 24.4. The van der Waals surface area contributed by atoms with Gasteiger partial charge < -0.3 is 5.32 Å². The number of nitrogens with one attached hydrogen (secondary N) is 1. The van der Waals surface area contributed by atoms with Crippen molar-refractivity contribution in [1.29, 1.82) is 5.26 Å². The van der Waals surface area contributed by atoms with Crippen molar-refractivity contribution >= 4 is 17.5 Å². The number of hydrogen-bond donors (Lipinski definition) is 1. The Morgan fingerprint density at radius 1 is 1.05 bits per heavy atom. The molecular weight excluding hydrogens is 486 g/mol. The second kappa shape index (κ2) is 8.18. The number of fused-ring (bicyclic) bond motifs is 7. The van der Waals surface area contributed by atoms with Gasteiger partial charge in [-0.05, 0) is 79.1 Å². The summed E-state index contributed by atoms with van der Waals surface area (Å²) in [6, 6.07) is 2.16. The minimum absolute atomic E-state index is 0.00813. The molecule has 0 saturated heterocycles. The lowest BCUT2D eigenvalue weighted by Gasteiger charge is -2.68. The van der Waals surface area contributed by atoms with Crippen LogP contribution in [0.2, 0.25) is 0 Å². The normalized spacial score (nSPS) is 46.0. The smallest absolute Gasteiger partial charge is 0.234 e. The standard InChI is InChI=1S/C33H43N3O3/c1-20-22-7-8-31(5)25(30(22,4)16-21(18-34)27(20)38)15-24(37)26-23-17-29(2,3)9-11-33(23,12-10-32(26,31)6)28(39)36-14-13-35-19-36/h13-16,20,22-23,26,35H,7-12,17,19H2,1-6H3/t20-,22?,23?,26?,30?,31+,32+,33?/m0/s1. The third-order valence-electron chi connectivity index (χ3n) is 12.8. The van der Waals surface area contributed by atoms with Crippen LogP contribution in [-0.2, 0) is 14.4 Å². The summed E-state index contributed by atoms with van der Waals surface area (Å²) in [4.78, 5) is 43.5. The molecule has 0 radical (unpaired) electrons. The Kier molecular flexibility index (Phi) is 5.57. The minimum Gasteiger partial charge on any atom is -0.372 e. The maximum Gasteiger partial charge on any atom is 0.234 e. The van der Waals surface area contributed by atoms with Crippen molar-refractivity contribution in [2.45, 2.75) is 86.5 Å². The average Bonchev–Trinajstić information content (AvgIpc) is 3.42. The van der Waals surface area contributed by atoms with E-state index in [0.717, 1.165) is 50.5 Å². The van der Waals surface area contributed by atoms with Gasteiger partial charge in [-0.1, -0.05) is 53.2 Å². The number of amides is 1. The summed E-state index contributed by atoms with van der Waals surface area (Å²) in [5.74, 6) is -0.114. The van der Waals surface area contributed by atoms with Crippen LogP contribution >= 0.6 is 0 Å². The quantitative estimate of drug-likeness (QED) is 0.472. The van der Waals surface area contributed by atoms with Gasteiger partial charge in [0.05, 0.1) is 17.7 Å². The second-order valence-corrected chi connectivity index (χ2v) is 15.0. The summed E-state index contributed by atoms with van der Waals surface area (Å²) in [6.45, 7) is 13.9. The topological polar surface area (TPSA) is 90.3 Å². The van der Waals surface area contributed by atoms with E-state index in [9.17, 15) is 19.6 Å². The van der Waals surface area contributed by atoms with Gasteiger partial charge in [-0.2, -0.15) is 5.26 Å². The molecule has 6 heteroatoms. The van der Waals surface area contributed by atoms with Crippen molar-refractivity contribution in [3.05, 3.63) is 35.7 Å². The molecule has 1 heterocycles. The van der Waals surface area contributed by atoms with Crippen LogP contribution in [0.5, 0.6) is 0 Å². The van der Waals surface area contributed by atoms with E-state index in [0.29, 0.717) is 6.67 Å². The fraction of sp³-hybridized carbons (Fsp3) is 0.697. The predicted molar refractivity (Wildman–Crippen MR) is 148 cm³/mol. The predicted octanol–water partition coefficient (Wildman–Crippen LogP) is 5.68. The van der Waals surface area contributed by atoms with Crippen LogP contribution in [0.25, 0.3) is 0 Å². The van der Waals surface area contributed by atoms with Crippen LogP contribution in [0.4, 0.5) is 0 Å². The highest BCUT2D eigenvalue weighted by Crippen LogP contribution is 2.74. The molecule has 0 aromatic rings. The van der Waals surface area contributed by atoms with Crippen LogP contribution in [0, 0.1) is 62.1 Å². The first-order valence-electron chi connectivity index (χ1n) is 14.9. The van der Waals surface area contributed by atoms with Gasteiger partial charge in [0, 0.05) is 29.7 Å². The first-order valence-corrected chi connectivity index (χ1v) is 14.9.